The summed E-state index contributed by atoms with van der Waals surface area (Å²) in [6.45, 7) is -0.634. The first-order valence-corrected chi connectivity index (χ1v) is 11.5. The number of carbonyl (C=O) groups is 1. The van der Waals surface area contributed by atoms with Crippen LogP contribution >= 0.6 is 0 Å². The first kappa shape index (κ1) is 25.0. The lowest BCUT2D eigenvalue weighted by Gasteiger charge is -2.19. The molecule has 4 rings (SSSR count). The third-order valence-electron chi connectivity index (χ3n) is 5.65. The molecule has 0 spiro atoms. The van der Waals surface area contributed by atoms with Crippen molar-refractivity contribution in [2.75, 3.05) is 25.5 Å². The molecule has 2 aromatic heterocycles. The minimum atomic E-state index is -1.52. The van der Waals surface area contributed by atoms with E-state index in [0.29, 0.717) is 35.3 Å². The molecule has 11 nitrogen and oxygen atoms in total. The smallest absolute Gasteiger partial charge is 0.251 e. The number of nitrogens with two attached hydrogens (primary N) is 1. The van der Waals surface area contributed by atoms with Gasteiger partial charge in [-0.1, -0.05) is 18.2 Å². The second kappa shape index (κ2) is 11.6. The molecule has 0 aliphatic rings. The van der Waals surface area contributed by atoms with Crippen LogP contribution in [0.5, 0.6) is 11.5 Å². The molecule has 2 atom stereocenters. The highest BCUT2D eigenvalue weighted by Gasteiger charge is 2.23. The topological polar surface area (TPSA) is 169 Å². The fourth-order valence-corrected chi connectivity index (χ4v) is 3.81. The van der Waals surface area contributed by atoms with Crippen LogP contribution < -0.4 is 15.8 Å². The largest absolute Gasteiger partial charge is 0.457 e. The highest BCUT2D eigenvalue weighted by molar-refractivity contribution is 5.98. The summed E-state index contributed by atoms with van der Waals surface area (Å²) < 4.78 is 7.53. The van der Waals surface area contributed by atoms with Gasteiger partial charge in [0.2, 0.25) is 0 Å². The van der Waals surface area contributed by atoms with Crippen molar-refractivity contribution in [1.29, 1.82) is 0 Å². The van der Waals surface area contributed by atoms with E-state index in [-0.39, 0.29) is 19.0 Å². The van der Waals surface area contributed by atoms with Crippen molar-refractivity contribution < 1.29 is 24.9 Å². The monoisotopic (exact) mass is 492 g/mol. The number of fused-ring (bicyclic) bond motifs is 1. The Bertz CT molecular complexity index is 1300. The second-order valence-electron chi connectivity index (χ2n) is 8.15. The second-order valence-corrected chi connectivity index (χ2v) is 8.15. The number of aliphatic hydroxyl groups is 3. The summed E-state index contributed by atoms with van der Waals surface area (Å²) in [7, 11) is 0. The van der Waals surface area contributed by atoms with Gasteiger partial charge in [0, 0.05) is 18.7 Å². The number of anilines is 1. The van der Waals surface area contributed by atoms with Crippen molar-refractivity contribution in [2.24, 2.45) is 0 Å². The van der Waals surface area contributed by atoms with E-state index in [1.165, 1.54) is 6.33 Å². The number of nitrogen functional groups attached to an aromatic ring is 1. The highest BCUT2D eigenvalue weighted by atomic mass is 16.5. The van der Waals surface area contributed by atoms with Crippen LogP contribution in [0.3, 0.4) is 0 Å². The van der Waals surface area contributed by atoms with Crippen LogP contribution in [0.1, 0.15) is 18.9 Å². The van der Waals surface area contributed by atoms with E-state index in [0.717, 1.165) is 11.3 Å². The summed E-state index contributed by atoms with van der Waals surface area (Å²) in [5.74, 6) is 0.930. The molecule has 2 aromatic carbocycles. The van der Waals surface area contributed by atoms with Gasteiger partial charge < -0.3 is 31.1 Å². The Morgan fingerprint density at radius 1 is 1.06 bits per heavy atom. The number of rotatable bonds is 11. The molecule has 0 fully saturated rings. The zero-order valence-corrected chi connectivity index (χ0v) is 19.5. The number of hydrogen-bond acceptors (Lipinski definition) is 9. The van der Waals surface area contributed by atoms with Gasteiger partial charge in [0.1, 0.15) is 29.3 Å². The summed E-state index contributed by atoms with van der Waals surface area (Å²) >= 11 is 0. The molecule has 0 saturated heterocycles. The molecule has 0 radical (unpaired) electrons. The van der Waals surface area contributed by atoms with Crippen molar-refractivity contribution in [3.63, 3.8) is 0 Å². The van der Waals surface area contributed by atoms with E-state index in [2.05, 4.69) is 15.3 Å². The van der Waals surface area contributed by atoms with Gasteiger partial charge in [-0.3, -0.25) is 4.79 Å². The zero-order chi connectivity index (χ0) is 25.5. The van der Waals surface area contributed by atoms with Crippen LogP contribution in [0, 0.1) is 0 Å². The van der Waals surface area contributed by atoms with Crippen LogP contribution in [0.15, 0.2) is 60.9 Å². The molecule has 188 valence electrons. The van der Waals surface area contributed by atoms with Crippen LogP contribution in [0.4, 0.5) is 5.82 Å². The maximum Gasteiger partial charge on any atom is 0.251 e. The third-order valence-corrected chi connectivity index (χ3v) is 5.65. The van der Waals surface area contributed by atoms with Gasteiger partial charge in [-0.15, -0.1) is 0 Å². The van der Waals surface area contributed by atoms with E-state index in [1.807, 2.05) is 54.6 Å². The number of nitrogens with zero attached hydrogens (tertiary/aromatic N) is 4. The van der Waals surface area contributed by atoms with Crippen LogP contribution in [0.25, 0.3) is 22.3 Å². The Balaban J connectivity index is 1.67. The van der Waals surface area contributed by atoms with E-state index < -0.39 is 24.7 Å². The lowest BCUT2D eigenvalue weighted by molar-refractivity contribution is -0.131. The molecular formula is C25H28N6O5. The number of hydrogen-bond donors (Lipinski definition) is 5. The molecule has 0 bridgehead atoms. The van der Waals surface area contributed by atoms with Gasteiger partial charge in [-0.2, -0.15) is 5.10 Å². The Labute approximate surface area is 207 Å². The molecule has 1 unspecified atom stereocenters. The number of aromatic nitrogens is 4. The Morgan fingerprint density at radius 3 is 2.47 bits per heavy atom. The average Bonchev–Trinajstić information content (AvgIpc) is 3.30. The molecule has 1 amide bonds. The lowest BCUT2D eigenvalue weighted by Crippen LogP contribution is -2.40. The summed E-state index contributed by atoms with van der Waals surface area (Å²) in [6.07, 6.45) is 0.734. The average molecular weight is 493 g/mol. The van der Waals surface area contributed by atoms with E-state index in [9.17, 15) is 15.0 Å². The normalized spacial score (nSPS) is 12.9. The molecule has 0 aliphatic heterocycles. The predicted octanol–water partition coefficient (Wildman–Crippen LogP) is 1.65. The summed E-state index contributed by atoms with van der Waals surface area (Å²) in [6, 6.07) is 16.4. The van der Waals surface area contributed by atoms with Crippen molar-refractivity contribution in [2.45, 2.75) is 25.0 Å². The number of para-hydroxylation sites is 1. The van der Waals surface area contributed by atoms with Crippen LogP contribution in [0.2, 0.25) is 0 Å². The lowest BCUT2D eigenvalue weighted by atomic mass is 10.1. The summed E-state index contributed by atoms with van der Waals surface area (Å²) in [5.41, 5.74) is 8.02. The fraction of sp³-hybridized carbons (Fsp3) is 0.280. The fourth-order valence-electron chi connectivity index (χ4n) is 3.81. The van der Waals surface area contributed by atoms with E-state index >= 15 is 0 Å². The Morgan fingerprint density at radius 2 is 1.78 bits per heavy atom. The minimum Gasteiger partial charge on any atom is -0.457 e. The van der Waals surface area contributed by atoms with Crippen molar-refractivity contribution in [3.05, 3.63) is 60.9 Å². The number of ether oxygens (including phenoxy) is 1. The molecule has 4 aromatic rings. The van der Waals surface area contributed by atoms with Crippen LogP contribution in [-0.2, 0) is 4.79 Å². The molecule has 0 saturated carbocycles. The summed E-state index contributed by atoms with van der Waals surface area (Å²) in [4.78, 5) is 20.6. The molecule has 36 heavy (non-hydrogen) atoms. The standard InChI is InChI=1S/C25H28N6O5/c26-23-21-22(16-8-10-19(11-9-16)36-18-6-2-1-3-7-18)30-31(24(21)29-15-28-23)17(5-4-12-32)13-27-25(35)20(34)14-33/h1-3,6-11,15,17,20,32-34H,4-5,12-14H2,(H,27,35)(H2,26,28,29)/t17-,20?/m1/s1. The molecule has 2 heterocycles. The molecule has 0 aliphatic carbocycles. The predicted molar refractivity (Wildman–Crippen MR) is 133 cm³/mol. The number of benzene rings is 2. The highest BCUT2D eigenvalue weighted by Crippen LogP contribution is 2.33. The maximum absolute atomic E-state index is 12.0. The Kier molecular flexibility index (Phi) is 8.06. The third kappa shape index (κ3) is 5.60. The van der Waals surface area contributed by atoms with E-state index in [1.54, 1.807) is 4.68 Å². The zero-order valence-electron chi connectivity index (χ0n) is 19.5. The van der Waals surface area contributed by atoms with Gasteiger partial charge in [0.05, 0.1) is 18.0 Å². The summed E-state index contributed by atoms with van der Waals surface area (Å²) in [5, 5.41) is 36.0. The number of nitrogens with one attached hydrogen (secondary N) is 1. The Hall–Kier alpha value is -4.06. The minimum absolute atomic E-state index is 0.0459. The van der Waals surface area contributed by atoms with Crippen molar-refractivity contribution in [3.8, 4) is 22.8 Å². The van der Waals surface area contributed by atoms with Crippen LogP contribution in [-0.4, -0.2) is 66.8 Å². The molecule has 11 heteroatoms. The number of amides is 1. The van der Waals surface area contributed by atoms with Gasteiger partial charge in [0.15, 0.2) is 11.8 Å². The quantitative estimate of drug-likeness (QED) is 0.209. The molecule has 6 N–H and O–H groups in total. The molecular weight excluding hydrogens is 464 g/mol. The van der Waals surface area contributed by atoms with E-state index in [4.69, 9.17) is 20.7 Å². The van der Waals surface area contributed by atoms with Gasteiger partial charge >= 0.3 is 0 Å². The first-order valence-electron chi connectivity index (χ1n) is 11.5. The number of aliphatic hydroxyl groups excluding tert-OH is 3. The van der Waals surface area contributed by atoms with Crippen molar-refractivity contribution >= 4 is 22.8 Å². The maximum atomic E-state index is 12.0. The van der Waals surface area contributed by atoms with Gasteiger partial charge in [-0.25, -0.2) is 14.6 Å². The number of carbonyl (C=O) groups excluding carboxylic acids is 1. The van der Waals surface area contributed by atoms with Gasteiger partial charge in [-0.05, 0) is 49.2 Å². The van der Waals surface area contributed by atoms with Crippen molar-refractivity contribution in [1.82, 2.24) is 25.1 Å². The van der Waals surface area contributed by atoms with Gasteiger partial charge in [0.25, 0.3) is 5.91 Å². The SMILES string of the molecule is Nc1ncnc2c1c(-c1ccc(Oc3ccccc3)cc1)nn2[C@H](CCCO)CNC(=O)C(O)CO. The first-order chi connectivity index (χ1) is 17.5.